The van der Waals surface area contributed by atoms with Gasteiger partial charge in [-0.2, -0.15) is 4.99 Å². The lowest BCUT2D eigenvalue weighted by Crippen LogP contribution is -2.37. The van der Waals surface area contributed by atoms with Gasteiger partial charge in [-0.15, -0.1) is 0 Å². The number of hydrogen-bond donors (Lipinski definition) is 4. The van der Waals surface area contributed by atoms with Crippen molar-refractivity contribution in [2.75, 3.05) is 7.05 Å². The second kappa shape index (κ2) is 9.87. The minimum atomic E-state index is -4.13. The molecule has 0 saturated carbocycles. The first-order valence-corrected chi connectivity index (χ1v) is 10.2. The maximum Gasteiger partial charge on any atom is 0.328 e. The Labute approximate surface area is 182 Å². The summed E-state index contributed by atoms with van der Waals surface area (Å²) in [6.45, 7) is 1.36. The summed E-state index contributed by atoms with van der Waals surface area (Å²) >= 11 is 0. The monoisotopic (exact) mass is 467 g/mol. The normalized spacial score (nSPS) is 11.4. The molecule has 170 valence electrons. The maximum absolute atomic E-state index is 14.4. The SMILES string of the molecule is CNC(=O)NS(=O)(=O)c1ccc(Oc2c(F)cc(C=C(C)C(=O)N=C(N)N)cc2F)cc1. The zero-order chi connectivity index (χ0) is 24.1. The third-order valence-corrected chi connectivity index (χ3v) is 5.13. The molecule has 0 aromatic heterocycles. The molecule has 3 amide bonds. The molecule has 0 radical (unpaired) electrons. The van der Waals surface area contributed by atoms with Crippen molar-refractivity contribution in [1.82, 2.24) is 10.0 Å². The highest BCUT2D eigenvalue weighted by atomic mass is 32.2. The molecule has 0 aliphatic carbocycles. The van der Waals surface area contributed by atoms with Crippen molar-refractivity contribution in [3.8, 4) is 11.5 Å². The molecule has 0 atom stereocenters. The molecule has 2 rings (SSSR count). The average molecular weight is 467 g/mol. The van der Waals surface area contributed by atoms with Crippen LogP contribution in [0.15, 0.2) is 51.9 Å². The molecule has 0 aliphatic rings. The van der Waals surface area contributed by atoms with Gasteiger partial charge in [-0.3, -0.25) is 4.79 Å². The number of carbonyl (C=O) groups is 2. The van der Waals surface area contributed by atoms with Gasteiger partial charge in [0.15, 0.2) is 23.3 Å². The number of benzene rings is 2. The molecular formula is C19H19F2N5O5S. The number of carbonyl (C=O) groups excluding carboxylic acids is 2. The number of amides is 3. The van der Waals surface area contributed by atoms with Gasteiger partial charge in [-0.25, -0.2) is 26.7 Å². The average Bonchev–Trinajstić information content (AvgIpc) is 2.70. The number of aliphatic imine (C=N–C) groups is 1. The van der Waals surface area contributed by atoms with Crippen molar-refractivity contribution in [2.45, 2.75) is 11.8 Å². The van der Waals surface area contributed by atoms with Crippen LogP contribution < -0.4 is 26.2 Å². The van der Waals surface area contributed by atoms with E-state index in [0.717, 1.165) is 36.4 Å². The van der Waals surface area contributed by atoms with Crippen LogP contribution in [0, 0.1) is 11.6 Å². The van der Waals surface area contributed by atoms with E-state index in [1.54, 1.807) is 4.72 Å². The van der Waals surface area contributed by atoms with Crippen molar-refractivity contribution in [2.24, 2.45) is 16.5 Å². The predicted octanol–water partition coefficient (Wildman–Crippen LogP) is 1.58. The molecule has 0 bridgehead atoms. The van der Waals surface area contributed by atoms with Gasteiger partial charge in [0, 0.05) is 12.6 Å². The van der Waals surface area contributed by atoms with Crippen LogP contribution in [0.2, 0.25) is 0 Å². The summed E-state index contributed by atoms with van der Waals surface area (Å²) in [5.74, 6) is -4.18. The lowest BCUT2D eigenvalue weighted by atomic mass is 10.1. The summed E-state index contributed by atoms with van der Waals surface area (Å²) in [5.41, 5.74) is 10.3. The molecule has 0 aliphatic heterocycles. The third kappa shape index (κ3) is 6.25. The van der Waals surface area contributed by atoms with Gasteiger partial charge >= 0.3 is 6.03 Å². The first kappa shape index (κ1) is 24.3. The predicted molar refractivity (Wildman–Crippen MR) is 112 cm³/mol. The van der Waals surface area contributed by atoms with Crippen molar-refractivity contribution in [1.29, 1.82) is 0 Å². The standard InChI is InChI=1S/C19H19F2N5O5S/c1-10(17(27)25-18(22)23)7-11-8-14(20)16(15(21)9-11)31-12-3-5-13(6-4-12)32(29,30)26-19(28)24-2/h3-9H,1-2H3,(H2,24,26,28)(H4,22,23,25,27). The lowest BCUT2D eigenvalue weighted by Gasteiger charge is -2.10. The summed E-state index contributed by atoms with van der Waals surface area (Å²) in [6.07, 6.45) is 1.18. The number of nitrogens with two attached hydrogens (primary N) is 2. The van der Waals surface area contributed by atoms with E-state index < -0.39 is 45.3 Å². The Morgan fingerprint density at radius 2 is 1.66 bits per heavy atom. The Morgan fingerprint density at radius 3 is 2.16 bits per heavy atom. The smallest absolute Gasteiger partial charge is 0.328 e. The molecule has 2 aromatic rings. The fourth-order valence-electron chi connectivity index (χ4n) is 2.31. The van der Waals surface area contributed by atoms with Crippen LogP contribution in [0.3, 0.4) is 0 Å². The van der Waals surface area contributed by atoms with Crippen LogP contribution >= 0.6 is 0 Å². The number of ether oxygens (including phenoxy) is 1. The molecule has 2 aromatic carbocycles. The van der Waals surface area contributed by atoms with Gasteiger partial charge in [0.25, 0.3) is 15.9 Å². The minimum absolute atomic E-state index is 0.0192. The van der Waals surface area contributed by atoms with Gasteiger partial charge in [0.2, 0.25) is 0 Å². The largest absolute Gasteiger partial charge is 0.451 e. The Morgan fingerprint density at radius 1 is 1.09 bits per heavy atom. The molecule has 0 heterocycles. The maximum atomic E-state index is 14.4. The zero-order valence-corrected chi connectivity index (χ0v) is 17.7. The fraction of sp³-hybridized carbons (Fsp3) is 0.105. The van der Waals surface area contributed by atoms with Crippen LogP contribution in [0.5, 0.6) is 11.5 Å². The number of guanidine groups is 1. The topological polar surface area (TPSA) is 166 Å². The molecular weight excluding hydrogens is 448 g/mol. The molecule has 32 heavy (non-hydrogen) atoms. The van der Waals surface area contributed by atoms with Crippen LogP contribution in [0.25, 0.3) is 6.08 Å². The Hall–Kier alpha value is -4.00. The lowest BCUT2D eigenvalue weighted by molar-refractivity contribution is -0.114. The van der Waals surface area contributed by atoms with E-state index in [-0.39, 0.29) is 21.8 Å². The summed E-state index contributed by atoms with van der Waals surface area (Å²) in [5, 5.41) is 2.10. The second-order valence-electron chi connectivity index (χ2n) is 6.24. The molecule has 13 heteroatoms. The summed E-state index contributed by atoms with van der Waals surface area (Å²) in [7, 11) is -2.89. The van der Waals surface area contributed by atoms with Crippen LogP contribution in [-0.4, -0.2) is 33.4 Å². The Kier molecular flexibility index (Phi) is 7.49. The molecule has 6 N–H and O–H groups in total. The first-order chi connectivity index (χ1) is 14.9. The Bertz CT molecular complexity index is 1180. The highest BCUT2D eigenvalue weighted by molar-refractivity contribution is 7.90. The van der Waals surface area contributed by atoms with E-state index in [4.69, 9.17) is 16.2 Å². The van der Waals surface area contributed by atoms with Crippen LogP contribution in [-0.2, 0) is 14.8 Å². The molecule has 0 fully saturated rings. The summed E-state index contributed by atoms with van der Waals surface area (Å²) in [6, 6.07) is 5.41. The van der Waals surface area contributed by atoms with E-state index >= 15 is 0 Å². The number of sulfonamides is 1. The van der Waals surface area contributed by atoms with E-state index in [1.807, 2.05) is 0 Å². The highest BCUT2D eigenvalue weighted by Crippen LogP contribution is 2.30. The van der Waals surface area contributed by atoms with Crippen LogP contribution in [0.4, 0.5) is 13.6 Å². The third-order valence-electron chi connectivity index (χ3n) is 3.78. The number of nitrogens with zero attached hydrogens (tertiary/aromatic N) is 1. The second-order valence-corrected chi connectivity index (χ2v) is 7.92. The van der Waals surface area contributed by atoms with E-state index in [1.165, 1.54) is 20.0 Å². The van der Waals surface area contributed by atoms with Gasteiger partial charge in [-0.05, 0) is 55.0 Å². The quantitative estimate of drug-likeness (QED) is 0.284. The number of rotatable bonds is 6. The van der Waals surface area contributed by atoms with Crippen LogP contribution in [0.1, 0.15) is 12.5 Å². The van der Waals surface area contributed by atoms with Crippen molar-refractivity contribution >= 4 is 34.0 Å². The number of hydrogen-bond acceptors (Lipinski definition) is 5. The minimum Gasteiger partial charge on any atom is -0.451 e. The zero-order valence-electron chi connectivity index (χ0n) is 16.8. The van der Waals surface area contributed by atoms with Gasteiger partial charge in [0.05, 0.1) is 4.90 Å². The summed E-state index contributed by atoms with van der Waals surface area (Å²) < 4.78 is 59.8. The summed E-state index contributed by atoms with van der Waals surface area (Å²) in [4.78, 5) is 26.0. The van der Waals surface area contributed by atoms with Gasteiger partial charge in [-0.1, -0.05) is 0 Å². The fourth-order valence-corrected chi connectivity index (χ4v) is 3.27. The number of urea groups is 1. The van der Waals surface area contributed by atoms with Gasteiger partial charge in [0.1, 0.15) is 5.75 Å². The molecule has 0 saturated heterocycles. The van der Waals surface area contributed by atoms with E-state index in [9.17, 15) is 26.8 Å². The van der Waals surface area contributed by atoms with Gasteiger partial charge < -0.3 is 21.5 Å². The Balaban J connectivity index is 2.25. The molecule has 0 spiro atoms. The van der Waals surface area contributed by atoms with E-state index in [0.29, 0.717) is 0 Å². The highest BCUT2D eigenvalue weighted by Gasteiger charge is 2.18. The number of halogens is 2. The van der Waals surface area contributed by atoms with E-state index in [2.05, 4.69) is 10.3 Å². The molecule has 10 nitrogen and oxygen atoms in total. The number of nitrogens with one attached hydrogen (secondary N) is 2. The van der Waals surface area contributed by atoms with Crippen molar-refractivity contribution < 1.29 is 31.5 Å². The van der Waals surface area contributed by atoms with Crippen molar-refractivity contribution in [3.63, 3.8) is 0 Å². The molecule has 0 unspecified atom stereocenters. The van der Waals surface area contributed by atoms with Crippen molar-refractivity contribution in [3.05, 3.63) is 59.2 Å². The first-order valence-electron chi connectivity index (χ1n) is 8.76.